The number of fused-ring (bicyclic) bond motifs is 1. The fraction of sp³-hybridized carbons (Fsp3) is 0.217. The maximum atomic E-state index is 10.6. The van der Waals surface area contributed by atoms with E-state index in [-0.39, 0.29) is 28.9 Å². The number of hydrogen-bond donors (Lipinski definition) is 4. The zero-order valence-electron chi connectivity index (χ0n) is 15.7. The van der Waals surface area contributed by atoms with Gasteiger partial charge in [-0.3, -0.25) is 0 Å². The molecule has 0 spiro atoms. The normalized spacial score (nSPS) is 21.0. The Labute approximate surface area is 163 Å². The molecule has 0 saturated carbocycles. The molecule has 0 aromatic heterocycles. The van der Waals surface area contributed by atoms with Crippen LogP contribution in [0, 0.1) is 6.92 Å². The van der Waals surface area contributed by atoms with E-state index >= 15 is 0 Å². The molecule has 0 bridgehead atoms. The maximum Gasteiger partial charge on any atom is 0.157 e. The van der Waals surface area contributed by atoms with Crippen molar-refractivity contribution in [3.8, 4) is 28.7 Å². The van der Waals surface area contributed by atoms with Crippen LogP contribution in [-0.4, -0.2) is 20.4 Å². The molecule has 2 atom stereocenters. The molecule has 4 rings (SSSR count). The Morgan fingerprint density at radius 3 is 2.36 bits per heavy atom. The van der Waals surface area contributed by atoms with Crippen molar-refractivity contribution in [2.75, 3.05) is 0 Å². The summed E-state index contributed by atoms with van der Waals surface area (Å²) in [7, 11) is 0. The number of benzene rings is 3. The van der Waals surface area contributed by atoms with E-state index < -0.39 is 5.60 Å². The Morgan fingerprint density at radius 1 is 0.893 bits per heavy atom. The van der Waals surface area contributed by atoms with Gasteiger partial charge in [0.2, 0.25) is 0 Å². The topological polar surface area (TPSA) is 90.2 Å². The Kier molecular flexibility index (Phi) is 4.11. The lowest BCUT2D eigenvalue weighted by Gasteiger charge is -2.41. The Morgan fingerprint density at radius 2 is 1.64 bits per heavy atom. The minimum Gasteiger partial charge on any atom is -0.508 e. The summed E-state index contributed by atoms with van der Waals surface area (Å²) in [6.07, 6.45) is 0.507. The maximum absolute atomic E-state index is 10.6. The zero-order chi connectivity index (χ0) is 20.1. The van der Waals surface area contributed by atoms with E-state index in [1.807, 2.05) is 38.1 Å². The second kappa shape index (κ2) is 6.37. The quantitative estimate of drug-likeness (QED) is 0.488. The molecular formula is C23H22O5. The first-order valence-corrected chi connectivity index (χ1v) is 9.11. The first-order chi connectivity index (χ1) is 13.3. The van der Waals surface area contributed by atoms with E-state index in [1.54, 1.807) is 12.1 Å². The summed E-state index contributed by atoms with van der Waals surface area (Å²) in [6, 6.07) is 15.3. The van der Waals surface area contributed by atoms with Gasteiger partial charge in [-0.1, -0.05) is 24.3 Å². The predicted octanol–water partition coefficient (Wildman–Crippen LogP) is 4.65. The number of aryl methyl sites for hydroxylation is 1. The van der Waals surface area contributed by atoms with Gasteiger partial charge in [0.15, 0.2) is 11.5 Å². The van der Waals surface area contributed by atoms with E-state index in [0.717, 1.165) is 22.3 Å². The van der Waals surface area contributed by atoms with Crippen molar-refractivity contribution in [1.82, 2.24) is 0 Å². The van der Waals surface area contributed by atoms with Crippen molar-refractivity contribution in [3.05, 3.63) is 76.9 Å². The number of ether oxygens (including phenoxy) is 1. The van der Waals surface area contributed by atoms with Crippen LogP contribution in [-0.2, 0) is 5.60 Å². The van der Waals surface area contributed by atoms with Crippen LogP contribution in [0.2, 0.25) is 0 Å². The van der Waals surface area contributed by atoms with Gasteiger partial charge >= 0.3 is 0 Å². The molecule has 3 aromatic carbocycles. The highest BCUT2D eigenvalue weighted by molar-refractivity contribution is 5.55. The Balaban J connectivity index is 1.89. The highest BCUT2D eigenvalue weighted by Gasteiger charge is 2.41. The van der Waals surface area contributed by atoms with E-state index in [9.17, 15) is 20.4 Å². The molecule has 4 N–H and O–H groups in total. The average molecular weight is 378 g/mol. The van der Waals surface area contributed by atoms with Gasteiger partial charge < -0.3 is 25.2 Å². The molecule has 1 aliphatic rings. The number of phenols is 4. The van der Waals surface area contributed by atoms with E-state index in [0.29, 0.717) is 12.2 Å². The van der Waals surface area contributed by atoms with Crippen molar-refractivity contribution in [2.45, 2.75) is 31.8 Å². The van der Waals surface area contributed by atoms with Gasteiger partial charge in [0, 0.05) is 29.5 Å². The van der Waals surface area contributed by atoms with Crippen molar-refractivity contribution >= 4 is 0 Å². The highest BCUT2D eigenvalue weighted by Crippen LogP contribution is 2.51. The van der Waals surface area contributed by atoms with Crippen molar-refractivity contribution < 1.29 is 25.2 Å². The van der Waals surface area contributed by atoms with Crippen LogP contribution >= 0.6 is 0 Å². The lowest BCUT2D eigenvalue weighted by Crippen LogP contribution is -2.36. The molecule has 0 fully saturated rings. The summed E-state index contributed by atoms with van der Waals surface area (Å²) < 4.78 is 6.33. The molecule has 0 saturated heterocycles. The summed E-state index contributed by atoms with van der Waals surface area (Å²) >= 11 is 0. The van der Waals surface area contributed by atoms with Gasteiger partial charge in [-0.2, -0.15) is 0 Å². The molecule has 28 heavy (non-hydrogen) atoms. The van der Waals surface area contributed by atoms with E-state index in [1.165, 1.54) is 18.2 Å². The Bertz CT molecular complexity index is 1040. The van der Waals surface area contributed by atoms with Crippen molar-refractivity contribution in [1.29, 1.82) is 0 Å². The first kappa shape index (κ1) is 18.0. The van der Waals surface area contributed by atoms with Gasteiger partial charge in [-0.05, 0) is 49.2 Å². The molecule has 5 heteroatoms. The van der Waals surface area contributed by atoms with Crippen LogP contribution in [0.15, 0.2) is 54.6 Å². The zero-order valence-corrected chi connectivity index (χ0v) is 15.7. The third-order valence-electron chi connectivity index (χ3n) is 5.51. The minimum atomic E-state index is -0.791. The van der Waals surface area contributed by atoms with Crippen LogP contribution in [0.25, 0.3) is 0 Å². The SMILES string of the molecule is Cc1cc(O)cc(O)c1C1CC(C)(c2ccc(O)c(O)c2)Oc2ccccc21. The first-order valence-electron chi connectivity index (χ1n) is 9.11. The third-order valence-corrected chi connectivity index (χ3v) is 5.51. The Hall–Kier alpha value is -3.34. The van der Waals surface area contributed by atoms with E-state index in [2.05, 4.69) is 0 Å². The van der Waals surface area contributed by atoms with Gasteiger partial charge in [-0.15, -0.1) is 0 Å². The second-order valence-electron chi connectivity index (χ2n) is 7.53. The summed E-state index contributed by atoms with van der Waals surface area (Å²) in [5.74, 6) is 0.182. The lowest BCUT2D eigenvalue weighted by molar-refractivity contribution is 0.0549. The number of phenolic OH excluding ortho intramolecular Hbond substituents is 4. The lowest BCUT2D eigenvalue weighted by atomic mass is 9.75. The number of aromatic hydroxyl groups is 4. The fourth-order valence-corrected chi connectivity index (χ4v) is 4.15. The minimum absolute atomic E-state index is 0.0188. The largest absolute Gasteiger partial charge is 0.508 e. The smallest absolute Gasteiger partial charge is 0.157 e. The second-order valence-corrected chi connectivity index (χ2v) is 7.53. The van der Waals surface area contributed by atoms with Crippen LogP contribution < -0.4 is 4.74 Å². The van der Waals surface area contributed by atoms with Crippen LogP contribution in [0.1, 0.15) is 41.5 Å². The van der Waals surface area contributed by atoms with Gasteiger partial charge in [0.25, 0.3) is 0 Å². The van der Waals surface area contributed by atoms with Crippen LogP contribution in [0.5, 0.6) is 28.7 Å². The molecular weight excluding hydrogens is 356 g/mol. The summed E-state index contributed by atoms with van der Waals surface area (Å²) in [4.78, 5) is 0. The molecule has 2 unspecified atom stereocenters. The molecule has 1 heterocycles. The van der Waals surface area contributed by atoms with E-state index in [4.69, 9.17) is 4.74 Å². The van der Waals surface area contributed by atoms with Gasteiger partial charge in [0.1, 0.15) is 22.8 Å². The summed E-state index contributed by atoms with van der Waals surface area (Å²) in [5, 5.41) is 40.0. The summed E-state index contributed by atoms with van der Waals surface area (Å²) in [6.45, 7) is 3.78. The fourth-order valence-electron chi connectivity index (χ4n) is 4.15. The standard InChI is InChI=1S/C23H22O5/c1-13-9-15(24)11-20(27)22(13)17-12-23(2,14-7-8-18(25)19(26)10-14)28-21-6-4-3-5-16(17)21/h3-11,17,24-27H,12H2,1-2H3. The van der Waals surface area contributed by atoms with Crippen molar-refractivity contribution in [2.24, 2.45) is 0 Å². The average Bonchev–Trinajstić information content (AvgIpc) is 2.63. The molecule has 1 aliphatic heterocycles. The van der Waals surface area contributed by atoms with Crippen molar-refractivity contribution in [3.63, 3.8) is 0 Å². The van der Waals surface area contributed by atoms with Crippen LogP contribution in [0.4, 0.5) is 0 Å². The van der Waals surface area contributed by atoms with Crippen LogP contribution in [0.3, 0.4) is 0 Å². The molecule has 5 nitrogen and oxygen atoms in total. The van der Waals surface area contributed by atoms with Gasteiger partial charge in [0.05, 0.1) is 0 Å². The number of hydrogen-bond acceptors (Lipinski definition) is 5. The molecule has 0 amide bonds. The summed E-state index contributed by atoms with van der Waals surface area (Å²) in [5.41, 5.74) is 2.41. The highest BCUT2D eigenvalue weighted by atomic mass is 16.5. The number of para-hydroxylation sites is 1. The molecule has 0 radical (unpaired) electrons. The number of rotatable bonds is 2. The third kappa shape index (κ3) is 2.89. The van der Waals surface area contributed by atoms with Gasteiger partial charge in [-0.25, -0.2) is 0 Å². The monoisotopic (exact) mass is 378 g/mol. The predicted molar refractivity (Wildman–Crippen MR) is 105 cm³/mol. The molecule has 3 aromatic rings. The molecule has 144 valence electrons. The molecule has 0 aliphatic carbocycles.